The second-order valence-corrected chi connectivity index (χ2v) is 14.6. The van der Waals surface area contributed by atoms with Crippen molar-refractivity contribution in [3.05, 3.63) is 154 Å². The van der Waals surface area contributed by atoms with Gasteiger partial charge in [-0.3, -0.25) is 0 Å². The van der Waals surface area contributed by atoms with Crippen LogP contribution in [0.25, 0.3) is 21.5 Å². The molecule has 0 aromatic heterocycles. The third kappa shape index (κ3) is 8.78. The van der Waals surface area contributed by atoms with Gasteiger partial charge in [-0.05, 0) is 36.8 Å². The Balaban J connectivity index is 0.000000173. The minimum atomic E-state index is -0.826. The summed E-state index contributed by atoms with van der Waals surface area (Å²) in [5, 5.41) is 5.72. The van der Waals surface area contributed by atoms with Crippen molar-refractivity contribution in [2.75, 3.05) is 0 Å². The van der Waals surface area contributed by atoms with Crippen molar-refractivity contribution in [3.8, 4) is 0 Å². The van der Waals surface area contributed by atoms with Gasteiger partial charge in [0.1, 0.15) is 0 Å². The van der Waals surface area contributed by atoms with Crippen LogP contribution in [0.2, 0.25) is 0 Å². The first-order valence-corrected chi connectivity index (χ1v) is 20.6. The normalized spacial score (nSPS) is 10.5. The molecule has 0 spiro atoms. The zero-order valence-corrected chi connectivity index (χ0v) is 28.4. The summed E-state index contributed by atoms with van der Waals surface area (Å²) in [6.45, 7) is 8.76. The molecule has 0 fully saturated rings. The van der Waals surface area contributed by atoms with E-state index in [0.717, 1.165) is 25.7 Å². The van der Waals surface area contributed by atoms with E-state index in [2.05, 4.69) is 137 Å². The van der Waals surface area contributed by atoms with Crippen LogP contribution in [0.5, 0.6) is 0 Å². The Kier molecular flexibility index (Phi) is 12.1. The van der Waals surface area contributed by atoms with Gasteiger partial charge in [0.25, 0.3) is 0 Å². The molecule has 0 N–H and O–H groups in total. The molecule has 0 nitrogen and oxygen atoms in total. The number of hydrogen-bond donors (Lipinski definition) is 0. The van der Waals surface area contributed by atoms with E-state index in [1.54, 1.807) is 0 Å². The number of rotatable bonds is 6. The molecule has 0 saturated heterocycles. The van der Waals surface area contributed by atoms with Crippen molar-refractivity contribution in [2.24, 2.45) is 0 Å². The summed E-state index contributed by atoms with van der Waals surface area (Å²) in [6, 6.07) is 39.8. The SMILES string of the molecule is Cc1cc2c(CCc3ccccc3)ccc(C)c2[cH-]1.Cc1cc2c(CCc3ccccc3)ccc(C)c2[cH-]1.[Cl][Zr+2][Cl]. The first-order valence-electron chi connectivity index (χ1n) is 14.2. The van der Waals surface area contributed by atoms with Gasteiger partial charge in [-0.25, -0.2) is 0 Å². The maximum atomic E-state index is 4.93. The van der Waals surface area contributed by atoms with Crippen LogP contribution < -0.4 is 0 Å². The summed E-state index contributed by atoms with van der Waals surface area (Å²) >= 11 is -0.826. The average molecular weight is 657 g/mol. The Morgan fingerprint density at radius 1 is 0.512 bits per heavy atom. The molecule has 0 radical (unpaired) electrons. The molecule has 6 rings (SSSR count). The summed E-state index contributed by atoms with van der Waals surface area (Å²) in [5.74, 6) is 0. The number of fused-ring (bicyclic) bond motifs is 2. The van der Waals surface area contributed by atoms with Crippen LogP contribution in [-0.2, 0) is 46.5 Å². The van der Waals surface area contributed by atoms with Crippen molar-refractivity contribution in [1.29, 1.82) is 0 Å². The van der Waals surface area contributed by atoms with Gasteiger partial charge in [0.2, 0.25) is 0 Å². The second kappa shape index (κ2) is 15.7. The molecule has 0 atom stereocenters. The summed E-state index contributed by atoms with van der Waals surface area (Å²) in [6.07, 6.45) is 4.46. The van der Waals surface area contributed by atoms with Crippen LogP contribution in [0.3, 0.4) is 0 Å². The number of aryl methyl sites for hydroxylation is 8. The van der Waals surface area contributed by atoms with Crippen LogP contribution in [-0.4, -0.2) is 0 Å². The zero-order chi connectivity index (χ0) is 29.2. The third-order valence-corrected chi connectivity index (χ3v) is 7.73. The molecule has 6 aromatic rings. The van der Waals surface area contributed by atoms with Crippen molar-refractivity contribution < 1.29 is 20.8 Å². The molecule has 0 aliphatic heterocycles. The van der Waals surface area contributed by atoms with E-state index < -0.39 is 20.8 Å². The summed E-state index contributed by atoms with van der Waals surface area (Å²) < 4.78 is 0. The predicted molar refractivity (Wildman–Crippen MR) is 177 cm³/mol. The van der Waals surface area contributed by atoms with Crippen LogP contribution in [0.1, 0.15) is 44.5 Å². The standard InChI is InChI=1S/2C19H19.2ClH.Zr/c2*1-14-12-18-15(2)8-10-17(19(18)13-14)11-9-16-6-4-3-5-7-16;;;/h2*3-8,10,12-13H,9,11H2,1-2H3;2*1H;/q2*-1;;;+4/p-2. The fourth-order valence-corrected chi connectivity index (χ4v) is 5.58. The first kappa shape index (κ1) is 31.5. The second-order valence-electron chi connectivity index (χ2n) is 10.8. The van der Waals surface area contributed by atoms with E-state index in [-0.39, 0.29) is 0 Å². The summed E-state index contributed by atoms with van der Waals surface area (Å²) in [5.41, 5.74) is 11.3. The Labute approximate surface area is 264 Å². The molecule has 0 bridgehead atoms. The third-order valence-electron chi connectivity index (χ3n) is 7.73. The molecule has 0 saturated carbocycles. The molecule has 0 unspecified atom stereocenters. The fraction of sp³-hybridized carbons (Fsp3) is 0.211. The quantitative estimate of drug-likeness (QED) is 0.157. The summed E-state index contributed by atoms with van der Waals surface area (Å²) in [4.78, 5) is 0. The topological polar surface area (TPSA) is 0 Å². The maximum absolute atomic E-state index is 4.93. The Morgan fingerprint density at radius 3 is 1.24 bits per heavy atom. The van der Waals surface area contributed by atoms with Gasteiger partial charge >= 0.3 is 37.9 Å². The number of hydrogen-bond acceptors (Lipinski definition) is 0. The number of halogens is 2. The Bertz CT molecular complexity index is 1530. The molecular formula is C38H38Cl2Zr. The molecule has 0 amide bonds. The Morgan fingerprint density at radius 2 is 0.878 bits per heavy atom. The zero-order valence-electron chi connectivity index (χ0n) is 24.5. The van der Waals surface area contributed by atoms with E-state index in [0.29, 0.717) is 0 Å². The molecule has 3 heteroatoms. The van der Waals surface area contributed by atoms with Crippen LogP contribution in [0, 0.1) is 27.7 Å². The molecule has 0 aliphatic carbocycles. The van der Waals surface area contributed by atoms with Crippen molar-refractivity contribution in [1.82, 2.24) is 0 Å². The van der Waals surface area contributed by atoms with Gasteiger partial charge in [-0.15, -0.1) is 68.1 Å². The molecular weight excluding hydrogens is 619 g/mol. The Hall–Kier alpha value is -2.44. The van der Waals surface area contributed by atoms with E-state index in [1.165, 1.54) is 66.1 Å². The van der Waals surface area contributed by atoms with Crippen LogP contribution in [0.4, 0.5) is 0 Å². The van der Waals surface area contributed by atoms with Crippen LogP contribution >= 0.6 is 17.0 Å². The van der Waals surface area contributed by atoms with E-state index in [1.807, 2.05) is 0 Å². The van der Waals surface area contributed by atoms with Crippen molar-refractivity contribution in [2.45, 2.75) is 53.4 Å². The molecule has 0 aliphatic rings. The van der Waals surface area contributed by atoms with Crippen LogP contribution in [0.15, 0.2) is 109 Å². The van der Waals surface area contributed by atoms with Gasteiger partial charge in [-0.2, -0.15) is 12.1 Å². The van der Waals surface area contributed by atoms with Crippen molar-refractivity contribution >= 4 is 38.6 Å². The van der Waals surface area contributed by atoms with Gasteiger partial charge in [0, 0.05) is 0 Å². The monoisotopic (exact) mass is 654 g/mol. The van der Waals surface area contributed by atoms with Gasteiger partial charge < -0.3 is 0 Å². The van der Waals surface area contributed by atoms with E-state index >= 15 is 0 Å². The fourth-order valence-electron chi connectivity index (χ4n) is 5.58. The van der Waals surface area contributed by atoms with Crippen molar-refractivity contribution in [3.63, 3.8) is 0 Å². The predicted octanol–water partition coefficient (Wildman–Crippen LogP) is 11.3. The molecule has 6 aromatic carbocycles. The van der Waals surface area contributed by atoms with Gasteiger partial charge in [-0.1, -0.05) is 112 Å². The molecule has 208 valence electrons. The van der Waals surface area contributed by atoms with Gasteiger partial charge in [0.15, 0.2) is 0 Å². The first-order chi connectivity index (χ1) is 19.9. The number of benzene rings is 4. The molecule has 41 heavy (non-hydrogen) atoms. The van der Waals surface area contributed by atoms with Gasteiger partial charge in [0.05, 0.1) is 0 Å². The molecule has 0 heterocycles. The van der Waals surface area contributed by atoms with E-state index in [4.69, 9.17) is 17.0 Å². The van der Waals surface area contributed by atoms with E-state index in [9.17, 15) is 0 Å². The average Bonchev–Trinajstić information content (AvgIpc) is 3.58. The summed E-state index contributed by atoms with van der Waals surface area (Å²) in [7, 11) is 9.87. The minimum absolute atomic E-state index is 0.826.